The van der Waals surface area contributed by atoms with Crippen molar-refractivity contribution in [3.05, 3.63) is 20.9 Å². The second kappa shape index (κ2) is 40.1. The first-order valence-electron chi connectivity index (χ1n) is 26.8. The molecule has 0 aliphatic carbocycles. The highest BCUT2D eigenvalue weighted by molar-refractivity contribution is 7.12. The Balaban J connectivity index is 0.0000218. The van der Waals surface area contributed by atoms with Crippen LogP contribution in [0.25, 0.3) is 0 Å². The van der Waals surface area contributed by atoms with Gasteiger partial charge in [-0.3, -0.25) is 24.0 Å². The minimum Gasteiger partial charge on any atom is -0.466 e. The number of carbonyl (C=O) groups is 5. The fraction of sp³-hybridized carbons (Fsp3) is 0.836. The number of nitrogens with zero attached hydrogens (tertiary/aromatic N) is 2. The summed E-state index contributed by atoms with van der Waals surface area (Å²) >= 11 is 1.56. The average Bonchev–Trinajstić information content (AvgIpc) is 3.66. The van der Waals surface area contributed by atoms with Crippen LogP contribution < -0.4 is 5.32 Å². The summed E-state index contributed by atoms with van der Waals surface area (Å²) in [6.45, 7) is 9.43. The van der Waals surface area contributed by atoms with Crippen LogP contribution in [0, 0.1) is 0 Å². The highest BCUT2D eigenvalue weighted by Gasteiger charge is 2.29. The molecule has 11 heteroatoms. The van der Waals surface area contributed by atoms with E-state index in [0.717, 1.165) is 60.4 Å². The third kappa shape index (κ3) is 29.2. The predicted octanol–water partition coefficient (Wildman–Crippen LogP) is 13.9. The van der Waals surface area contributed by atoms with Crippen LogP contribution >= 0.6 is 11.3 Å². The van der Waals surface area contributed by atoms with Gasteiger partial charge in [0.15, 0.2) is 0 Å². The molecule has 2 amide bonds. The van der Waals surface area contributed by atoms with Gasteiger partial charge in [-0.05, 0) is 90.3 Å². The van der Waals surface area contributed by atoms with Gasteiger partial charge in [-0.2, -0.15) is 0 Å². The first kappa shape index (κ1) is 61.2. The zero-order valence-corrected chi connectivity index (χ0v) is 43.1. The van der Waals surface area contributed by atoms with Gasteiger partial charge in [-0.25, -0.2) is 0 Å². The van der Waals surface area contributed by atoms with Crippen molar-refractivity contribution in [1.29, 1.82) is 0 Å². The Kier molecular flexibility index (Phi) is 37.2. The number of rotatable bonds is 42. The lowest BCUT2D eigenvalue weighted by Crippen LogP contribution is -2.36. The number of amides is 2. The number of hydrogen-bond acceptors (Lipinski definition) is 9. The van der Waals surface area contributed by atoms with Gasteiger partial charge in [-0.1, -0.05) is 144 Å². The van der Waals surface area contributed by atoms with Crippen molar-refractivity contribution in [3.8, 4) is 0 Å². The predicted molar refractivity (Wildman–Crippen MR) is 277 cm³/mol. The van der Waals surface area contributed by atoms with Crippen molar-refractivity contribution < 1.29 is 34.9 Å². The molecule has 1 N–H and O–H groups in total. The molecule has 0 saturated carbocycles. The number of esters is 2. The van der Waals surface area contributed by atoms with Gasteiger partial charge < -0.3 is 24.6 Å². The van der Waals surface area contributed by atoms with Crippen LogP contribution in [0.5, 0.6) is 0 Å². The SMILES string of the molecule is C.CCCCCCCCCCCOC(=O)CCCCC(=O)N1CCc2c(sc(CCC(=O)CCCCC(=O)OC(CCCCCCCC)CCCCCCCC)c2C(=O)NCCN(C)C)C1.[HH]. The van der Waals surface area contributed by atoms with E-state index in [-0.39, 0.29) is 44.5 Å². The van der Waals surface area contributed by atoms with Crippen molar-refractivity contribution in [1.82, 2.24) is 15.1 Å². The Labute approximate surface area is 409 Å². The van der Waals surface area contributed by atoms with E-state index in [2.05, 4.69) is 26.1 Å². The number of nitrogens with one attached hydrogen (secondary N) is 1. The van der Waals surface area contributed by atoms with E-state index in [4.69, 9.17) is 9.47 Å². The molecule has 66 heavy (non-hydrogen) atoms. The van der Waals surface area contributed by atoms with Gasteiger partial charge >= 0.3 is 11.9 Å². The minimum atomic E-state index is -0.179. The third-order valence-corrected chi connectivity index (χ3v) is 14.1. The molecule has 2 heterocycles. The average molecular weight is 948 g/mol. The van der Waals surface area contributed by atoms with Crippen LogP contribution in [0.15, 0.2) is 0 Å². The van der Waals surface area contributed by atoms with Gasteiger partial charge in [0.25, 0.3) is 5.91 Å². The van der Waals surface area contributed by atoms with Crippen LogP contribution in [-0.4, -0.2) is 85.8 Å². The van der Waals surface area contributed by atoms with Crippen molar-refractivity contribution in [2.45, 2.75) is 259 Å². The lowest BCUT2D eigenvalue weighted by Gasteiger charge is -2.27. The van der Waals surface area contributed by atoms with Crippen LogP contribution in [0.4, 0.5) is 0 Å². The molecule has 384 valence electrons. The Hall–Kier alpha value is -2.79. The maximum atomic E-state index is 13.6. The van der Waals surface area contributed by atoms with E-state index in [9.17, 15) is 24.0 Å². The first-order chi connectivity index (χ1) is 31.6. The van der Waals surface area contributed by atoms with E-state index in [1.54, 1.807) is 11.3 Å². The molecule has 1 aliphatic rings. The van der Waals surface area contributed by atoms with E-state index in [1.807, 2.05) is 23.9 Å². The lowest BCUT2D eigenvalue weighted by atomic mass is 9.98. The number of thiophene rings is 1. The number of hydrogen-bond donors (Lipinski definition) is 1. The molecule has 0 unspecified atom stereocenters. The number of likely N-dealkylation sites (N-methyl/N-ethyl adjacent to an activating group) is 1. The number of ketones is 1. The largest absolute Gasteiger partial charge is 0.466 e. The number of aryl methyl sites for hydroxylation is 1. The second-order valence-corrected chi connectivity index (χ2v) is 20.3. The van der Waals surface area contributed by atoms with Gasteiger partial charge in [0, 0.05) is 62.9 Å². The van der Waals surface area contributed by atoms with E-state index < -0.39 is 0 Å². The molecular weight excluding hydrogens is 847 g/mol. The van der Waals surface area contributed by atoms with Crippen LogP contribution in [0.1, 0.15) is 261 Å². The Bertz CT molecular complexity index is 1440. The fourth-order valence-corrected chi connectivity index (χ4v) is 10.1. The summed E-state index contributed by atoms with van der Waals surface area (Å²) in [4.78, 5) is 71.2. The molecule has 1 aliphatic heterocycles. The summed E-state index contributed by atoms with van der Waals surface area (Å²) in [6.07, 6.45) is 33.0. The lowest BCUT2D eigenvalue weighted by molar-refractivity contribution is -0.150. The molecular formula is C55H101N3O7S. The third-order valence-electron chi connectivity index (χ3n) is 12.9. The monoisotopic (exact) mass is 948 g/mol. The molecule has 0 radical (unpaired) electrons. The highest BCUT2D eigenvalue weighted by atomic mass is 32.1. The van der Waals surface area contributed by atoms with Crippen molar-refractivity contribution in [2.75, 3.05) is 40.3 Å². The van der Waals surface area contributed by atoms with E-state index in [0.29, 0.717) is 102 Å². The van der Waals surface area contributed by atoms with Gasteiger partial charge in [-0.15, -0.1) is 11.3 Å². The molecule has 10 nitrogen and oxygen atoms in total. The summed E-state index contributed by atoms with van der Waals surface area (Å²) in [7, 11) is 3.95. The summed E-state index contributed by atoms with van der Waals surface area (Å²) < 4.78 is 11.5. The van der Waals surface area contributed by atoms with E-state index >= 15 is 0 Å². The van der Waals surface area contributed by atoms with Gasteiger partial charge in [0.1, 0.15) is 11.9 Å². The van der Waals surface area contributed by atoms with Crippen molar-refractivity contribution >= 4 is 40.9 Å². The topological polar surface area (TPSA) is 122 Å². The van der Waals surface area contributed by atoms with Gasteiger partial charge in [0.2, 0.25) is 5.91 Å². The minimum absolute atomic E-state index is 0. The Morgan fingerprint density at radius 2 is 1.17 bits per heavy atom. The molecule has 0 aromatic carbocycles. The number of fused-ring (bicyclic) bond motifs is 1. The van der Waals surface area contributed by atoms with Crippen molar-refractivity contribution in [3.63, 3.8) is 0 Å². The molecule has 0 bridgehead atoms. The Morgan fingerprint density at radius 3 is 1.74 bits per heavy atom. The van der Waals surface area contributed by atoms with Gasteiger partial charge in [0.05, 0.1) is 18.7 Å². The van der Waals surface area contributed by atoms with Crippen LogP contribution in [-0.2, 0) is 48.0 Å². The number of Topliss-reactive ketones (excluding diaryl/α,β-unsaturated/α-hetero) is 1. The molecule has 0 saturated heterocycles. The molecule has 2 rings (SSSR count). The summed E-state index contributed by atoms with van der Waals surface area (Å²) in [6, 6.07) is 0. The zero-order chi connectivity index (χ0) is 47.3. The molecule has 1 aromatic heterocycles. The fourth-order valence-electron chi connectivity index (χ4n) is 8.75. The number of unbranched alkanes of at least 4 members (excludes halogenated alkanes) is 20. The Morgan fingerprint density at radius 1 is 0.652 bits per heavy atom. The molecule has 0 fully saturated rings. The van der Waals surface area contributed by atoms with Crippen LogP contribution in [0.2, 0.25) is 0 Å². The maximum absolute atomic E-state index is 13.6. The van der Waals surface area contributed by atoms with Crippen LogP contribution in [0.3, 0.4) is 0 Å². The maximum Gasteiger partial charge on any atom is 0.306 e. The molecule has 0 atom stereocenters. The standard InChI is InChI=1S/C54H95N3O7S.CH4.H2/c1-6-9-12-15-18-19-20-23-30-43-63-51(60)35-29-27-34-50(59)57-41-39-47-49(44-57)65-48(53(47)54(62)55-40-42-56(4)5)38-37-45(58)31-26-28-36-52(61)64-46(32-24-21-16-13-10-7-2)33-25-22-17-14-11-8-3;;/h46H,6-44H2,1-5H3,(H,55,62);1H4;1H. The molecule has 1 aromatic rings. The number of ether oxygens (including phenoxy) is 2. The normalized spacial score (nSPS) is 12.3. The summed E-state index contributed by atoms with van der Waals surface area (Å²) in [5.74, 6) is -0.226. The quantitative estimate of drug-likeness (QED) is 0.0508. The molecule has 0 spiro atoms. The first-order valence-corrected chi connectivity index (χ1v) is 27.6. The summed E-state index contributed by atoms with van der Waals surface area (Å²) in [5, 5.41) is 3.09. The second-order valence-electron chi connectivity index (χ2n) is 19.2. The van der Waals surface area contributed by atoms with E-state index in [1.165, 1.54) is 109 Å². The van der Waals surface area contributed by atoms with Crippen molar-refractivity contribution in [2.24, 2.45) is 0 Å². The zero-order valence-electron chi connectivity index (χ0n) is 42.3. The number of carbonyl (C=O) groups excluding carboxylic acids is 5. The highest BCUT2D eigenvalue weighted by Crippen LogP contribution is 2.35. The summed E-state index contributed by atoms with van der Waals surface area (Å²) in [5.41, 5.74) is 1.69. The smallest absolute Gasteiger partial charge is 0.306 e.